The predicted octanol–water partition coefficient (Wildman–Crippen LogP) is 5.76. The van der Waals surface area contributed by atoms with E-state index in [2.05, 4.69) is 49.3 Å². The number of anilines is 1. The molecule has 3 N–H and O–H groups in total. The minimum absolute atomic E-state index is 0.00928. The maximum Gasteiger partial charge on any atom is 0.276 e. The van der Waals surface area contributed by atoms with Gasteiger partial charge in [0.2, 0.25) is 11.8 Å². The van der Waals surface area contributed by atoms with Gasteiger partial charge in [-0.1, -0.05) is 19.6 Å². The Morgan fingerprint density at radius 1 is 1.06 bits per heavy atom. The summed E-state index contributed by atoms with van der Waals surface area (Å²) in [7, 11) is 0. The number of H-pyrrole nitrogens is 1. The zero-order chi connectivity index (χ0) is 36.6. The van der Waals surface area contributed by atoms with E-state index in [1.54, 1.807) is 19.3 Å². The summed E-state index contributed by atoms with van der Waals surface area (Å²) in [6.07, 6.45) is 12.4. The van der Waals surface area contributed by atoms with E-state index in [4.69, 9.17) is 5.10 Å². The number of benzene rings is 1. The fraction of sp³-hybridized carbons (Fsp3) is 0.538. The van der Waals surface area contributed by atoms with Crippen molar-refractivity contribution in [1.29, 1.82) is 0 Å². The van der Waals surface area contributed by atoms with Crippen LogP contribution >= 0.6 is 0 Å². The van der Waals surface area contributed by atoms with Gasteiger partial charge in [-0.15, -0.1) is 0 Å². The molecule has 0 bridgehead atoms. The van der Waals surface area contributed by atoms with Gasteiger partial charge in [-0.25, -0.2) is 8.78 Å². The number of nitrogens with zero attached hydrogens (tertiary/aromatic N) is 6. The van der Waals surface area contributed by atoms with Crippen LogP contribution in [0.1, 0.15) is 97.6 Å². The van der Waals surface area contributed by atoms with E-state index >= 15 is 0 Å². The van der Waals surface area contributed by atoms with Crippen molar-refractivity contribution in [3.63, 3.8) is 0 Å². The van der Waals surface area contributed by atoms with Gasteiger partial charge in [-0.2, -0.15) is 15.3 Å². The lowest BCUT2D eigenvalue weighted by molar-refractivity contribution is -0.138. The molecular weight excluding hydrogens is 680 g/mol. The monoisotopic (exact) mass is 725 g/mol. The Labute approximate surface area is 305 Å². The van der Waals surface area contributed by atoms with Crippen molar-refractivity contribution in [3.05, 3.63) is 71.6 Å². The molecule has 2 saturated carbocycles. The number of aromatic amines is 1. The van der Waals surface area contributed by atoms with Crippen molar-refractivity contribution in [2.45, 2.75) is 95.6 Å². The summed E-state index contributed by atoms with van der Waals surface area (Å²) in [5.41, 5.74) is 3.70. The average molecular weight is 726 g/mol. The Bertz CT molecular complexity index is 2120. The van der Waals surface area contributed by atoms with Crippen LogP contribution in [0.2, 0.25) is 0 Å². The Hall–Kier alpha value is -4.88. The third kappa shape index (κ3) is 5.84. The number of halogens is 2. The van der Waals surface area contributed by atoms with Crippen molar-refractivity contribution in [2.75, 3.05) is 18.4 Å². The van der Waals surface area contributed by atoms with Crippen LogP contribution in [0, 0.1) is 23.2 Å². The number of piperidine rings is 2. The van der Waals surface area contributed by atoms with Crippen molar-refractivity contribution >= 4 is 34.3 Å². The average Bonchev–Trinajstić information content (AvgIpc) is 3.74. The van der Waals surface area contributed by atoms with Gasteiger partial charge in [0.05, 0.1) is 35.6 Å². The molecule has 14 heteroatoms. The minimum atomic E-state index is -2.72. The van der Waals surface area contributed by atoms with Gasteiger partial charge in [-0.05, 0) is 81.4 Å². The normalized spacial score (nSPS) is 28.3. The van der Waals surface area contributed by atoms with E-state index in [0.29, 0.717) is 36.0 Å². The topological polar surface area (TPSA) is 143 Å². The van der Waals surface area contributed by atoms with E-state index in [0.717, 1.165) is 80.1 Å². The molecule has 2 aliphatic heterocycles. The first-order valence-corrected chi connectivity index (χ1v) is 19.0. The summed E-state index contributed by atoms with van der Waals surface area (Å²) in [6.45, 7) is 7.62. The van der Waals surface area contributed by atoms with Crippen molar-refractivity contribution in [3.8, 4) is 0 Å². The molecule has 4 fully saturated rings. The zero-order valence-corrected chi connectivity index (χ0v) is 29.9. The largest absolute Gasteiger partial charge is 0.342 e. The molecule has 5 aliphatic rings. The van der Waals surface area contributed by atoms with E-state index < -0.39 is 23.2 Å². The van der Waals surface area contributed by atoms with Gasteiger partial charge in [0.25, 0.3) is 11.8 Å². The number of nitrogens with one attached hydrogen (secondary N) is 3. The first-order valence-electron chi connectivity index (χ1n) is 19.0. The molecule has 5 heterocycles. The number of hydrogen-bond donors (Lipinski definition) is 3. The predicted molar refractivity (Wildman–Crippen MR) is 192 cm³/mol. The lowest BCUT2D eigenvalue weighted by Gasteiger charge is -2.36. The molecular formula is C39H45F2N9O3. The molecule has 278 valence electrons. The van der Waals surface area contributed by atoms with Crippen LogP contribution in [-0.4, -0.2) is 71.4 Å². The van der Waals surface area contributed by atoms with Gasteiger partial charge in [0, 0.05) is 71.8 Å². The number of amides is 3. The first kappa shape index (κ1) is 33.9. The number of likely N-dealkylation sites (tertiary alicyclic amines) is 1. The number of carbonyl (C=O) groups excluding carboxylic acids is 3. The molecule has 3 amide bonds. The maximum absolute atomic E-state index is 14.3. The summed E-state index contributed by atoms with van der Waals surface area (Å²) in [5, 5.41) is 23.0. The third-order valence-electron chi connectivity index (χ3n) is 13.1. The highest BCUT2D eigenvalue weighted by atomic mass is 19.3. The summed E-state index contributed by atoms with van der Waals surface area (Å²) < 4.78 is 32.6. The van der Waals surface area contributed by atoms with Crippen LogP contribution in [0.3, 0.4) is 0 Å². The summed E-state index contributed by atoms with van der Waals surface area (Å²) in [5.74, 6) is -3.33. The van der Waals surface area contributed by atoms with Gasteiger partial charge >= 0.3 is 0 Å². The Balaban J connectivity index is 0.741. The summed E-state index contributed by atoms with van der Waals surface area (Å²) in [6, 6.07) is 6.32. The van der Waals surface area contributed by atoms with Crippen molar-refractivity contribution < 1.29 is 23.2 Å². The molecule has 1 unspecified atom stereocenters. The first-order chi connectivity index (χ1) is 25.5. The van der Waals surface area contributed by atoms with Gasteiger partial charge in [0.1, 0.15) is 0 Å². The van der Waals surface area contributed by atoms with Crippen LogP contribution in [0.4, 0.5) is 14.5 Å². The van der Waals surface area contributed by atoms with Gasteiger partial charge < -0.3 is 15.5 Å². The second kappa shape index (κ2) is 12.6. The summed E-state index contributed by atoms with van der Waals surface area (Å²) in [4.78, 5) is 41.2. The number of rotatable bonds is 7. The molecule has 0 spiro atoms. The third-order valence-corrected chi connectivity index (χ3v) is 13.1. The maximum atomic E-state index is 14.3. The number of fused-ring (bicyclic) bond motifs is 3. The fourth-order valence-corrected chi connectivity index (χ4v) is 9.59. The molecule has 53 heavy (non-hydrogen) atoms. The second-order valence-electron chi connectivity index (χ2n) is 16.3. The molecule has 0 radical (unpaired) electrons. The van der Waals surface area contributed by atoms with Crippen LogP contribution < -0.4 is 10.6 Å². The molecule has 9 rings (SSSR count). The lowest BCUT2D eigenvalue weighted by atomic mass is 9.81. The standard InChI is InChI=1S/C39H45F2N9O3/c1-22-3-9-29(35(51)44-22)25-8-10-32-26(15-25)18-42-50(32)20-23-4-6-24(7-5-23)37(53)48-13-11-28(12-14-48)49-21-27(19-43-49)45-36(52)34-30-16-33-38(2,39(33,40)41)17-31(30)46-47-34/h8,10,15,18-19,21,23-24,28-29,33H,1,3-7,9,11-14,16-17,20H2,2H3,(H,44,51)(H,45,52)(H,46,47)/t23?,24?,29?,33-,38+/m0/s1. The molecule has 4 aromatic rings. The highest BCUT2D eigenvalue weighted by molar-refractivity contribution is 6.04. The van der Waals surface area contributed by atoms with Gasteiger partial charge in [0.15, 0.2) is 5.69 Å². The van der Waals surface area contributed by atoms with Gasteiger partial charge in [-0.3, -0.25) is 28.8 Å². The van der Waals surface area contributed by atoms with E-state index in [1.807, 2.05) is 21.8 Å². The highest BCUT2D eigenvalue weighted by Crippen LogP contribution is 2.70. The molecule has 3 aromatic heterocycles. The summed E-state index contributed by atoms with van der Waals surface area (Å²) >= 11 is 0. The van der Waals surface area contributed by atoms with E-state index in [-0.39, 0.29) is 48.2 Å². The molecule has 1 aromatic carbocycles. The number of hydrogen-bond acceptors (Lipinski definition) is 6. The van der Waals surface area contributed by atoms with E-state index in [1.165, 1.54) is 0 Å². The highest BCUT2D eigenvalue weighted by Gasteiger charge is 2.78. The van der Waals surface area contributed by atoms with Crippen LogP contribution in [-0.2, 0) is 29.0 Å². The SMILES string of the molecule is C=C1CCC(c2ccc3c(cnn3CC3CCC(C(=O)N4CCC(n5cc(NC(=O)c6n[nH]c7c6C[C@@H]6C(F)(F)[C@]6(C)C7)cn5)CC4)CC3)c2)C(=O)N1. The lowest BCUT2D eigenvalue weighted by Crippen LogP contribution is -2.43. The smallest absolute Gasteiger partial charge is 0.276 e. The van der Waals surface area contributed by atoms with E-state index in [9.17, 15) is 23.2 Å². The Morgan fingerprint density at radius 2 is 1.85 bits per heavy atom. The van der Waals surface area contributed by atoms with Crippen LogP contribution in [0.25, 0.3) is 10.9 Å². The van der Waals surface area contributed by atoms with Crippen LogP contribution in [0.5, 0.6) is 0 Å². The van der Waals surface area contributed by atoms with Crippen molar-refractivity contribution in [2.24, 2.45) is 23.2 Å². The second-order valence-corrected chi connectivity index (χ2v) is 16.3. The van der Waals surface area contributed by atoms with Crippen molar-refractivity contribution in [1.82, 2.24) is 40.0 Å². The quantitative estimate of drug-likeness (QED) is 0.221. The fourth-order valence-electron chi connectivity index (χ4n) is 9.59. The molecule has 3 atom stereocenters. The minimum Gasteiger partial charge on any atom is -0.342 e. The molecule has 12 nitrogen and oxygen atoms in total. The Kier molecular flexibility index (Phi) is 8.08. The number of aromatic nitrogens is 6. The van der Waals surface area contributed by atoms with Crippen LogP contribution in [0.15, 0.2) is 49.1 Å². The number of allylic oxidation sites excluding steroid dienone is 1. The molecule has 2 saturated heterocycles. The number of carbonyl (C=O) groups is 3. The Morgan fingerprint density at radius 3 is 2.62 bits per heavy atom. The molecule has 3 aliphatic carbocycles. The number of alkyl halides is 2. The zero-order valence-electron chi connectivity index (χ0n) is 29.9.